The number of methoxy groups -OCH3 is 2. The zero-order valence-electron chi connectivity index (χ0n) is 25.9. The number of rotatable bonds is 15. The van der Waals surface area contributed by atoms with Gasteiger partial charge in [0.15, 0.2) is 0 Å². The standard InChI is InChI=1S/C36H44N4O3S/c1-42-31-17-16-30(34(24-31)43-2)25-40(22-18-32(28-12-6-3-7-13-28)29-14-8-4-9-15-29)26-35-38-33(27-44-35)36(41)37-19-23-39-20-10-5-11-21-39/h3-4,6-9,12-17,24,27,32H,5,10-11,18-23,25-26H2,1-2H3,(H,37,41). The molecule has 4 aromatic rings. The van der Waals surface area contributed by atoms with Gasteiger partial charge in [-0.15, -0.1) is 11.3 Å². The van der Waals surface area contributed by atoms with Crippen LogP contribution in [0.25, 0.3) is 0 Å². The number of aromatic nitrogens is 1. The monoisotopic (exact) mass is 612 g/mol. The van der Waals surface area contributed by atoms with Gasteiger partial charge in [-0.2, -0.15) is 0 Å². The molecule has 0 saturated carbocycles. The Labute approximate surface area is 265 Å². The molecule has 1 N–H and O–H groups in total. The Morgan fingerprint density at radius 3 is 2.30 bits per heavy atom. The van der Waals surface area contributed by atoms with Crippen LogP contribution in [0, 0.1) is 0 Å². The predicted octanol–water partition coefficient (Wildman–Crippen LogP) is 6.60. The van der Waals surface area contributed by atoms with Crippen LogP contribution in [0.1, 0.15) is 63.8 Å². The van der Waals surface area contributed by atoms with Crippen LogP contribution in [0.3, 0.4) is 0 Å². The average Bonchev–Trinajstić information content (AvgIpc) is 3.55. The molecule has 1 fully saturated rings. The lowest BCUT2D eigenvalue weighted by molar-refractivity contribution is 0.0942. The molecule has 0 bridgehead atoms. The minimum atomic E-state index is -0.0962. The van der Waals surface area contributed by atoms with E-state index in [1.807, 2.05) is 17.5 Å². The predicted molar refractivity (Wildman–Crippen MR) is 178 cm³/mol. The van der Waals surface area contributed by atoms with Gasteiger partial charge in [-0.1, -0.05) is 73.2 Å². The van der Waals surface area contributed by atoms with E-state index in [1.165, 1.54) is 30.4 Å². The Balaban J connectivity index is 1.30. The Bertz CT molecular complexity index is 1400. The highest BCUT2D eigenvalue weighted by Gasteiger charge is 2.20. The summed E-state index contributed by atoms with van der Waals surface area (Å²) in [6.07, 6.45) is 4.74. The number of nitrogens with one attached hydrogen (secondary N) is 1. The summed E-state index contributed by atoms with van der Waals surface area (Å²) in [6.45, 7) is 5.94. The minimum absolute atomic E-state index is 0.0962. The van der Waals surface area contributed by atoms with E-state index in [-0.39, 0.29) is 11.8 Å². The second-order valence-corrected chi connectivity index (χ2v) is 12.3. The summed E-state index contributed by atoms with van der Waals surface area (Å²) in [4.78, 5) is 22.5. The van der Waals surface area contributed by atoms with Gasteiger partial charge in [-0.05, 0) is 56.1 Å². The Morgan fingerprint density at radius 1 is 0.932 bits per heavy atom. The maximum Gasteiger partial charge on any atom is 0.270 e. The van der Waals surface area contributed by atoms with Crippen molar-refractivity contribution in [3.05, 3.63) is 112 Å². The molecule has 5 rings (SSSR count). The van der Waals surface area contributed by atoms with E-state index in [1.54, 1.807) is 25.6 Å². The summed E-state index contributed by atoms with van der Waals surface area (Å²) in [6, 6.07) is 27.4. The summed E-state index contributed by atoms with van der Waals surface area (Å²) in [5.74, 6) is 1.72. The first kappa shape index (κ1) is 31.7. The van der Waals surface area contributed by atoms with Crippen LogP contribution >= 0.6 is 11.3 Å². The number of nitrogens with zero attached hydrogens (tertiary/aromatic N) is 3. The molecule has 1 amide bonds. The van der Waals surface area contributed by atoms with Gasteiger partial charge < -0.3 is 19.7 Å². The first-order valence-electron chi connectivity index (χ1n) is 15.6. The lowest BCUT2D eigenvalue weighted by Crippen LogP contribution is -2.37. The van der Waals surface area contributed by atoms with Crippen molar-refractivity contribution in [3.8, 4) is 11.5 Å². The number of likely N-dealkylation sites (tertiary alicyclic amines) is 1. The largest absolute Gasteiger partial charge is 0.497 e. The van der Waals surface area contributed by atoms with Crippen molar-refractivity contribution in [2.45, 2.75) is 44.7 Å². The first-order valence-corrected chi connectivity index (χ1v) is 16.5. The summed E-state index contributed by atoms with van der Waals surface area (Å²) in [5.41, 5.74) is 4.19. The molecular weight excluding hydrogens is 568 g/mol. The lowest BCUT2D eigenvalue weighted by atomic mass is 9.88. The topological polar surface area (TPSA) is 66.9 Å². The van der Waals surface area contributed by atoms with E-state index in [2.05, 4.69) is 81.8 Å². The van der Waals surface area contributed by atoms with Gasteiger partial charge in [0.1, 0.15) is 22.2 Å². The van der Waals surface area contributed by atoms with Crippen molar-refractivity contribution in [2.24, 2.45) is 0 Å². The molecule has 2 heterocycles. The molecule has 1 aromatic heterocycles. The van der Waals surface area contributed by atoms with E-state index in [9.17, 15) is 4.79 Å². The number of ether oxygens (including phenoxy) is 2. The maximum atomic E-state index is 12.9. The van der Waals surface area contributed by atoms with Gasteiger partial charge in [0.05, 0.1) is 20.8 Å². The molecule has 1 saturated heterocycles. The second kappa shape index (κ2) is 16.4. The normalized spacial score (nSPS) is 13.7. The van der Waals surface area contributed by atoms with Gasteiger partial charge in [0.25, 0.3) is 5.91 Å². The zero-order chi connectivity index (χ0) is 30.6. The van der Waals surface area contributed by atoms with Crippen molar-refractivity contribution in [3.63, 3.8) is 0 Å². The zero-order valence-corrected chi connectivity index (χ0v) is 26.7. The van der Waals surface area contributed by atoms with Crippen LogP contribution in [0.5, 0.6) is 11.5 Å². The van der Waals surface area contributed by atoms with E-state index < -0.39 is 0 Å². The molecule has 3 aromatic carbocycles. The number of thiazole rings is 1. The van der Waals surface area contributed by atoms with Crippen molar-refractivity contribution in [2.75, 3.05) is 46.9 Å². The van der Waals surface area contributed by atoms with Crippen LogP contribution in [-0.4, -0.2) is 67.6 Å². The van der Waals surface area contributed by atoms with Gasteiger partial charge in [0, 0.05) is 42.6 Å². The first-order chi connectivity index (χ1) is 21.6. The molecule has 0 spiro atoms. The molecule has 7 nitrogen and oxygen atoms in total. The summed E-state index contributed by atoms with van der Waals surface area (Å²) in [7, 11) is 3.36. The van der Waals surface area contributed by atoms with Crippen LogP contribution in [-0.2, 0) is 13.1 Å². The molecule has 0 unspecified atom stereocenters. The third-order valence-corrected chi connectivity index (χ3v) is 9.17. The van der Waals surface area contributed by atoms with Gasteiger partial charge in [-0.25, -0.2) is 4.98 Å². The fourth-order valence-electron chi connectivity index (χ4n) is 5.93. The van der Waals surface area contributed by atoms with Crippen molar-refractivity contribution in [1.29, 1.82) is 0 Å². The maximum absolute atomic E-state index is 12.9. The van der Waals surface area contributed by atoms with Gasteiger partial charge in [-0.3, -0.25) is 9.69 Å². The molecule has 1 aliphatic rings. The van der Waals surface area contributed by atoms with Gasteiger partial charge in [0.2, 0.25) is 0 Å². The fraction of sp³-hybridized carbons (Fsp3) is 0.389. The molecule has 8 heteroatoms. The molecule has 44 heavy (non-hydrogen) atoms. The number of hydrogen-bond acceptors (Lipinski definition) is 7. The summed E-state index contributed by atoms with van der Waals surface area (Å²) >= 11 is 1.55. The van der Waals surface area contributed by atoms with E-state index in [0.29, 0.717) is 25.3 Å². The quantitative estimate of drug-likeness (QED) is 0.163. The van der Waals surface area contributed by atoms with Gasteiger partial charge >= 0.3 is 0 Å². The average molecular weight is 613 g/mol. The Kier molecular flexibility index (Phi) is 11.8. The van der Waals surface area contributed by atoms with E-state index in [4.69, 9.17) is 14.5 Å². The van der Waals surface area contributed by atoms with E-state index in [0.717, 1.165) is 54.7 Å². The third kappa shape index (κ3) is 8.91. The van der Waals surface area contributed by atoms with Crippen molar-refractivity contribution >= 4 is 17.2 Å². The van der Waals surface area contributed by atoms with Crippen molar-refractivity contribution < 1.29 is 14.3 Å². The van der Waals surface area contributed by atoms with Crippen LogP contribution in [0.15, 0.2) is 84.2 Å². The number of hydrogen-bond donors (Lipinski definition) is 1. The van der Waals surface area contributed by atoms with Crippen LogP contribution < -0.4 is 14.8 Å². The molecular formula is C36H44N4O3S. The molecule has 0 radical (unpaired) electrons. The fourth-order valence-corrected chi connectivity index (χ4v) is 6.74. The summed E-state index contributed by atoms with van der Waals surface area (Å²) < 4.78 is 11.2. The van der Waals surface area contributed by atoms with Crippen LogP contribution in [0.2, 0.25) is 0 Å². The molecule has 0 atom stereocenters. The molecule has 0 aliphatic carbocycles. The number of carbonyl (C=O) groups is 1. The highest BCUT2D eigenvalue weighted by molar-refractivity contribution is 7.09. The highest BCUT2D eigenvalue weighted by atomic mass is 32.1. The number of carbonyl (C=O) groups excluding carboxylic acids is 1. The smallest absolute Gasteiger partial charge is 0.270 e. The SMILES string of the molecule is COc1ccc(CN(CCC(c2ccccc2)c2ccccc2)Cc2nc(C(=O)NCCN3CCCCC3)cs2)c(OC)c1. The Morgan fingerprint density at radius 2 is 1.64 bits per heavy atom. The van der Waals surface area contributed by atoms with Crippen LogP contribution in [0.4, 0.5) is 0 Å². The van der Waals surface area contributed by atoms with E-state index >= 15 is 0 Å². The second-order valence-electron chi connectivity index (χ2n) is 11.3. The number of benzene rings is 3. The number of piperidine rings is 1. The lowest BCUT2D eigenvalue weighted by Gasteiger charge is -2.26. The summed E-state index contributed by atoms with van der Waals surface area (Å²) in [5, 5.41) is 5.89. The third-order valence-electron chi connectivity index (χ3n) is 8.33. The van der Waals surface area contributed by atoms with Crippen molar-refractivity contribution in [1.82, 2.24) is 20.1 Å². The molecule has 1 aliphatic heterocycles. The number of amides is 1. The molecule has 232 valence electrons. The Hall–Kier alpha value is -3.72. The highest BCUT2D eigenvalue weighted by Crippen LogP contribution is 2.30. The minimum Gasteiger partial charge on any atom is -0.497 e.